The smallest absolute Gasteiger partial charge is 0.412 e. The van der Waals surface area contributed by atoms with Crippen LogP contribution in [0.25, 0.3) is 10.9 Å². The van der Waals surface area contributed by atoms with Gasteiger partial charge in [-0.2, -0.15) is 0 Å². The summed E-state index contributed by atoms with van der Waals surface area (Å²) in [6.45, 7) is 6.54. The van der Waals surface area contributed by atoms with Crippen molar-refractivity contribution < 1.29 is 19.1 Å². The van der Waals surface area contributed by atoms with E-state index in [4.69, 9.17) is 4.74 Å². The lowest BCUT2D eigenvalue weighted by atomic mass is 10.1. The van der Waals surface area contributed by atoms with Gasteiger partial charge in [0.1, 0.15) is 11.3 Å². The molecule has 0 saturated carbocycles. The zero-order valence-corrected chi connectivity index (χ0v) is 17.6. The van der Waals surface area contributed by atoms with Crippen LogP contribution in [-0.2, 0) is 11.3 Å². The molecular weight excluding hydrogens is 396 g/mol. The number of anilines is 2. The first-order valence-electron chi connectivity index (χ1n) is 10.0. The summed E-state index contributed by atoms with van der Waals surface area (Å²) in [7, 11) is 0. The van der Waals surface area contributed by atoms with Gasteiger partial charge in [0.2, 0.25) is 0 Å². The van der Waals surface area contributed by atoms with Gasteiger partial charge < -0.3 is 19.9 Å². The number of carbonyl (C=O) groups is 3. The molecule has 8 heteroatoms. The molecule has 8 nitrogen and oxygen atoms in total. The van der Waals surface area contributed by atoms with Crippen molar-refractivity contribution in [2.24, 2.45) is 0 Å². The molecule has 0 bridgehead atoms. The number of carbonyl (C=O) groups excluding carboxylic acids is 3. The molecule has 0 saturated heterocycles. The van der Waals surface area contributed by atoms with Crippen LogP contribution >= 0.6 is 0 Å². The first-order valence-corrected chi connectivity index (χ1v) is 10.0. The fraction of sp³-hybridized carbons (Fsp3) is 0.261. The highest BCUT2D eigenvalue weighted by atomic mass is 16.6. The molecule has 160 valence electrons. The van der Waals surface area contributed by atoms with Crippen molar-refractivity contribution >= 4 is 40.2 Å². The van der Waals surface area contributed by atoms with E-state index >= 15 is 0 Å². The van der Waals surface area contributed by atoms with Crippen LogP contribution in [0.4, 0.5) is 16.2 Å². The Labute approximate surface area is 179 Å². The summed E-state index contributed by atoms with van der Waals surface area (Å²) in [4.78, 5) is 37.1. The lowest BCUT2D eigenvalue weighted by Gasteiger charge is -2.20. The minimum Gasteiger partial charge on any atom is -0.444 e. The Bertz CT molecular complexity index is 1190. The van der Waals surface area contributed by atoms with Crippen LogP contribution in [0.3, 0.4) is 0 Å². The van der Waals surface area contributed by atoms with E-state index < -0.39 is 11.7 Å². The predicted molar refractivity (Wildman–Crippen MR) is 119 cm³/mol. The average molecular weight is 420 g/mol. The van der Waals surface area contributed by atoms with Crippen LogP contribution in [0.2, 0.25) is 0 Å². The summed E-state index contributed by atoms with van der Waals surface area (Å²) < 4.78 is 7.21. The Hall–Kier alpha value is -3.81. The van der Waals surface area contributed by atoms with E-state index in [9.17, 15) is 14.4 Å². The lowest BCUT2D eigenvalue weighted by Crippen LogP contribution is -2.34. The molecule has 0 unspecified atom stereocenters. The standard InChI is InChI=1S/C23H24N4O4/c1-23(2,3)31-22(30)26-17-7-5-4-6-16(17)25-20(28)15-9-8-14-12-19-21(29)24-10-11-27(19)18(14)13-15/h4-9,12-13H,10-11H2,1-3H3,(H,24,29)(H,25,28)(H,26,30). The molecule has 3 aromatic rings. The number of hydrogen-bond donors (Lipinski definition) is 3. The van der Waals surface area contributed by atoms with Gasteiger partial charge in [0.15, 0.2) is 0 Å². The van der Waals surface area contributed by atoms with Crippen molar-refractivity contribution in [1.82, 2.24) is 9.88 Å². The third-order valence-electron chi connectivity index (χ3n) is 4.83. The predicted octanol–water partition coefficient (Wildman–Crippen LogP) is 3.98. The van der Waals surface area contributed by atoms with E-state index in [2.05, 4.69) is 16.0 Å². The number of nitrogens with zero attached hydrogens (tertiary/aromatic N) is 1. The highest BCUT2D eigenvalue weighted by Gasteiger charge is 2.21. The van der Waals surface area contributed by atoms with Gasteiger partial charge >= 0.3 is 6.09 Å². The average Bonchev–Trinajstić information content (AvgIpc) is 3.07. The lowest BCUT2D eigenvalue weighted by molar-refractivity contribution is 0.0635. The van der Waals surface area contributed by atoms with Crippen LogP contribution in [0, 0.1) is 0 Å². The van der Waals surface area contributed by atoms with Crippen molar-refractivity contribution in [3.63, 3.8) is 0 Å². The Morgan fingerprint density at radius 2 is 1.74 bits per heavy atom. The van der Waals surface area contributed by atoms with Gasteiger partial charge in [0.05, 0.1) is 11.4 Å². The summed E-state index contributed by atoms with van der Waals surface area (Å²) >= 11 is 0. The number of nitrogens with one attached hydrogen (secondary N) is 3. The Kier molecular flexibility index (Phi) is 5.14. The van der Waals surface area contributed by atoms with Crippen LogP contribution in [0.5, 0.6) is 0 Å². The van der Waals surface area contributed by atoms with Gasteiger partial charge in [0, 0.05) is 29.6 Å². The normalized spacial score (nSPS) is 13.3. The minimum absolute atomic E-state index is 0.115. The molecule has 0 aliphatic carbocycles. The molecule has 31 heavy (non-hydrogen) atoms. The highest BCUT2D eigenvalue weighted by Crippen LogP contribution is 2.26. The molecule has 1 aliphatic heterocycles. The summed E-state index contributed by atoms with van der Waals surface area (Å²) in [5.74, 6) is -0.438. The third kappa shape index (κ3) is 4.37. The zero-order valence-electron chi connectivity index (χ0n) is 17.6. The van der Waals surface area contributed by atoms with E-state index in [1.54, 1.807) is 57.2 Å². The molecule has 0 fully saturated rings. The molecule has 3 amide bonds. The van der Waals surface area contributed by atoms with Gasteiger partial charge in [-0.1, -0.05) is 18.2 Å². The van der Waals surface area contributed by atoms with Crippen LogP contribution in [0.15, 0.2) is 48.5 Å². The number of amides is 3. The topological polar surface area (TPSA) is 101 Å². The molecule has 0 atom stereocenters. The molecule has 4 rings (SSSR count). The largest absolute Gasteiger partial charge is 0.444 e. The summed E-state index contributed by atoms with van der Waals surface area (Å²) in [5.41, 5.74) is 2.12. The van der Waals surface area contributed by atoms with Gasteiger partial charge in [-0.25, -0.2) is 4.79 Å². The van der Waals surface area contributed by atoms with Crippen molar-refractivity contribution in [1.29, 1.82) is 0 Å². The van der Waals surface area contributed by atoms with Gasteiger partial charge in [-0.15, -0.1) is 0 Å². The molecule has 3 N–H and O–H groups in total. The number of ether oxygens (including phenoxy) is 1. The van der Waals surface area contributed by atoms with E-state index in [1.807, 2.05) is 16.7 Å². The third-order valence-corrected chi connectivity index (χ3v) is 4.83. The van der Waals surface area contributed by atoms with E-state index in [1.165, 1.54) is 0 Å². The van der Waals surface area contributed by atoms with Gasteiger partial charge in [-0.05, 0) is 51.1 Å². The summed E-state index contributed by atoms with van der Waals surface area (Å²) in [6.07, 6.45) is -0.603. The van der Waals surface area contributed by atoms with Crippen molar-refractivity contribution in [3.8, 4) is 0 Å². The maximum absolute atomic E-state index is 12.9. The number of rotatable bonds is 3. The maximum atomic E-state index is 12.9. The van der Waals surface area contributed by atoms with Crippen molar-refractivity contribution in [2.75, 3.05) is 17.2 Å². The van der Waals surface area contributed by atoms with Crippen molar-refractivity contribution in [2.45, 2.75) is 32.9 Å². The monoisotopic (exact) mass is 420 g/mol. The van der Waals surface area contributed by atoms with E-state index in [0.717, 1.165) is 10.9 Å². The van der Waals surface area contributed by atoms with Crippen LogP contribution in [-0.4, -0.2) is 34.6 Å². The summed E-state index contributed by atoms with van der Waals surface area (Å²) in [5, 5.41) is 9.23. The quantitative estimate of drug-likeness (QED) is 0.596. The molecule has 0 spiro atoms. The SMILES string of the molecule is CC(C)(C)OC(=O)Nc1ccccc1NC(=O)c1ccc2cc3n(c2c1)CCNC3=O. The second-order valence-corrected chi connectivity index (χ2v) is 8.34. The summed E-state index contributed by atoms with van der Waals surface area (Å²) in [6, 6.07) is 14.0. The van der Waals surface area contributed by atoms with E-state index in [-0.39, 0.29) is 11.8 Å². The zero-order chi connectivity index (χ0) is 22.2. The van der Waals surface area contributed by atoms with Gasteiger partial charge in [0.25, 0.3) is 11.8 Å². The van der Waals surface area contributed by atoms with Crippen LogP contribution in [0.1, 0.15) is 41.6 Å². The Balaban J connectivity index is 1.57. The number of hydrogen-bond acceptors (Lipinski definition) is 4. The molecule has 2 aromatic carbocycles. The second kappa shape index (κ2) is 7.79. The first kappa shape index (κ1) is 20.5. The molecule has 2 heterocycles. The number of benzene rings is 2. The molecular formula is C23H24N4O4. The number of para-hydroxylation sites is 2. The fourth-order valence-corrected chi connectivity index (χ4v) is 3.51. The first-order chi connectivity index (χ1) is 14.7. The Morgan fingerprint density at radius 1 is 1.03 bits per heavy atom. The molecule has 0 radical (unpaired) electrons. The highest BCUT2D eigenvalue weighted by molar-refractivity contribution is 6.09. The maximum Gasteiger partial charge on any atom is 0.412 e. The number of aromatic nitrogens is 1. The minimum atomic E-state index is -0.634. The molecule has 1 aromatic heterocycles. The van der Waals surface area contributed by atoms with Crippen LogP contribution < -0.4 is 16.0 Å². The number of fused-ring (bicyclic) bond motifs is 3. The Morgan fingerprint density at radius 3 is 2.45 bits per heavy atom. The van der Waals surface area contributed by atoms with Crippen molar-refractivity contribution in [3.05, 3.63) is 59.8 Å². The second-order valence-electron chi connectivity index (χ2n) is 8.34. The van der Waals surface area contributed by atoms with Gasteiger partial charge in [-0.3, -0.25) is 14.9 Å². The fourth-order valence-electron chi connectivity index (χ4n) is 3.51. The molecule has 1 aliphatic rings. The van der Waals surface area contributed by atoms with E-state index in [0.29, 0.717) is 35.7 Å².